The molecule has 0 fully saturated rings. The third-order valence-electron chi connectivity index (χ3n) is 5.60. The zero-order chi connectivity index (χ0) is 28.0. The number of rotatable bonds is 11. The smallest absolute Gasteiger partial charge is 0.357 e. The van der Waals surface area contributed by atoms with E-state index in [4.69, 9.17) is 23.2 Å². The Labute approximate surface area is 224 Å². The first-order chi connectivity index (χ1) is 17.2. The first-order valence-electron chi connectivity index (χ1n) is 11.3. The molecule has 2 aromatic rings. The summed E-state index contributed by atoms with van der Waals surface area (Å²) >= 11 is 12.2. The second-order valence-electron chi connectivity index (χ2n) is 8.28. The van der Waals surface area contributed by atoms with E-state index >= 15 is 0 Å². The van der Waals surface area contributed by atoms with Crippen molar-refractivity contribution < 1.29 is 31.2 Å². The molecular weight excluding hydrogens is 554 g/mol. The average molecular weight is 582 g/mol. The number of halogens is 5. The average Bonchev–Trinajstić information content (AvgIpc) is 2.81. The van der Waals surface area contributed by atoms with E-state index in [9.17, 15) is 31.2 Å². The van der Waals surface area contributed by atoms with Gasteiger partial charge in [0, 0.05) is 36.6 Å². The van der Waals surface area contributed by atoms with Crippen LogP contribution in [0.3, 0.4) is 0 Å². The summed E-state index contributed by atoms with van der Waals surface area (Å²) in [6, 6.07) is 7.90. The lowest BCUT2D eigenvalue weighted by Crippen LogP contribution is -2.48. The Balaban J connectivity index is 2.26. The first kappa shape index (κ1) is 30.7. The summed E-state index contributed by atoms with van der Waals surface area (Å²) in [4.78, 5) is 27.1. The molecule has 204 valence electrons. The van der Waals surface area contributed by atoms with Crippen molar-refractivity contribution in [2.75, 3.05) is 24.2 Å². The number of hydrogen-bond acceptors (Lipinski definition) is 4. The predicted octanol–water partition coefficient (Wildman–Crippen LogP) is 5.11. The van der Waals surface area contributed by atoms with Gasteiger partial charge >= 0.3 is 6.18 Å². The quantitative estimate of drug-likeness (QED) is 0.399. The number of alkyl halides is 3. The number of nitrogens with one attached hydrogen (secondary N) is 1. The minimum atomic E-state index is -4.65. The van der Waals surface area contributed by atoms with Gasteiger partial charge in [-0.15, -0.1) is 0 Å². The summed E-state index contributed by atoms with van der Waals surface area (Å²) in [6.45, 7) is 1.51. The van der Waals surface area contributed by atoms with Crippen LogP contribution in [0.5, 0.6) is 0 Å². The Bertz CT molecular complexity index is 1230. The maximum absolute atomic E-state index is 13.3. The lowest BCUT2D eigenvalue weighted by molar-refractivity contribution is -0.141. The molecule has 0 unspecified atom stereocenters. The highest BCUT2D eigenvalue weighted by atomic mass is 35.5. The molecular formula is C24H28Cl2F3N3O4S. The Hall–Kier alpha value is -2.50. The van der Waals surface area contributed by atoms with Crippen LogP contribution in [0.4, 0.5) is 18.9 Å². The molecule has 37 heavy (non-hydrogen) atoms. The van der Waals surface area contributed by atoms with Gasteiger partial charge in [0.05, 0.1) is 17.5 Å². The molecule has 13 heteroatoms. The van der Waals surface area contributed by atoms with Crippen LogP contribution >= 0.6 is 23.2 Å². The van der Waals surface area contributed by atoms with Gasteiger partial charge in [0.1, 0.15) is 6.04 Å². The minimum absolute atomic E-state index is 0.00280. The minimum Gasteiger partial charge on any atom is -0.357 e. The molecule has 2 aromatic carbocycles. The van der Waals surface area contributed by atoms with Crippen molar-refractivity contribution in [3.05, 3.63) is 63.6 Å². The van der Waals surface area contributed by atoms with E-state index < -0.39 is 33.7 Å². The molecule has 0 aliphatic rings. The number of hydrogen-bond donors (Lipinski definition) is 1. The summed E-state index contributed by atoms with van der Waals surface area (Å²) < 4.78 is 65.0. The number of carbonyl (C=O) groups is 2. The van der Waals surface area contributed by atoms with Gasteiger partial charge in [-0.2, -0.15) is 13.2 Å². The Morgan fingerprint density at radius 3 is 2.32 bits per heavy atom. The number of amides is 2. The molecule has 7 nitrogen and oxygen atoms in total. The highest BCUT2D eigenvalue weighted by molar-refractivity contribution is 7.92. The molecule has 0 aliphatic heterocycles. The molecule has 0 spiro atoms. The molecule has 0 aliphatic carbocycles. The van der Waals surface area contributed by atoms with Gasteiger partial charge < -0.3 is 10.2 Å². The van der Waals surface area contributed by atoms with Crippen LogP contribution in [0.25, 0.3) is 0 Å². The summed E-state index contributed by atoms with van der Waals surface area (Å²) in [5.41, 5.74) is -0.591. The van der Waals surface area contributed by atoms with Crippen molar-refractivity contribution in [2.45, 2.75) is 44.9 Å². The molecule has 0 saturated heterocycles. The van der Waals surface area contributed by atoms with E-state index in [1.54, 1.807) is 19.1 Å². The third-order valence-corrected chi connectivity index (χ3v) is 7.38. The van der Waals surface area contributed by atoms with Crippen molar-refractivity contribution >= 4 is 50.7 Å². The van der Waals surface area contributed by atoms with E-state index in [1.165, 1.54) is 24.1 Å². The second kappa shape index (κ2) is 12.8. The lowest BCUT2D eigenvalue weighted by Gasteiger charge is -2.31. The maximum Gasteiger partial charge on any atom is 0.416 e. The summed E-state index contributed by atoms with van der Waals surface area (Å²) in [5.74, 6) is -0.832. The summed E-state index contributed by atoms with van der Waals surface area (Å²) in [7, 11) is -2.50. The molecule has 1 atom stereocenters. The van der Waals surface area contributed by atoms with Gasteiger partial charge in [0.15, 0.2) is 0 Å². The molecule has 2 amide bonds. The van der Waals surface area contributed by atoms with Gasteiger partial charge in [-0.25, -0.2) is 8.42 Å². The van der Waals surface area contributed by atoms with E-state index in [-0.39, 0.29) is 37.5 Å². The van der Waals surface area contributed by atoms with Gasteiger partial charge in [-0.3, -0.25) is 13.9 Å². The van der Waals surface area contributed by atoms with Crippen molar-refractivity contribution in [2.24, 2.45) is 0 Å². The predicted molar refractivity (Wildman–Crippen MR) is 138 cm³/mol. The van der Waals surface area contributed by atoms with Crippen LogP contribution in [0.2, 0.25) is 10.0 Å². The monoisotopic (exact) mass is 581 g/mol. The van der Waals surface area contributed by atoms with E-state index in [0.717, 1.165) is 28.8 Å². The number of benzene rings is 2. The molecule has 0 radical (unpaired) electrons. The number of sulfonamides is 1. The number of anilines is 1. The topological polar surface area (TPSA) is 86.8 Å². The van der Waals surface area contributed by atoms with Crippen LogP contribution in [0, 0.1) is 0 Å². The summed E-state index contributed by atoms with van der Waals surface area (Å²) in [6.07, 6.45) is -3.63. The van der Waals surface area contributed by atoms with Gasteiger partial charge in [-0.1, -0.05) is 42.3 Å². The zero-order valence-electron chi connectivity index (χ0n) is 20.5. The van der Waals surface area contributed by atoms with Crippen LogP contribution in [-0.2, 0) is 32.3 Å². The molecule has 2 rings (SSSR count). The van der Waals surface area contributed by atoms with Crippen LogP contribution in [0.15, 0.2) is 42.5 Å². The van der Waals surface area contributed by atoms with Gasteiger partial charge in [-0.05, 0) is 48.7 Å². The van der Waals surface area contributed by atoms with Gasteiger partial charge in [0.2, 0.25) is 21.8 Å². The molecule has 0 saturated carbocycles. The molecule has 1 N–H and O–H groups in total. The van der Waals surface area contributed by atoms with Gasteiger partial charge in [0.25, 0.3) is 0 Å². The number of carbonyl (C=O) groups excluding carboxylic acids is 2. The van der Waals surface area contributed by atoms with E-state index in [1.807, 2.05) is 0 Å². The zero-order valence-corrected chi connectivity index (χ0v) is 22.8. The van der Waals surface area contributed by atoms with Crippen molar-refractivity contribution in [1.29, 1.82) is 0 Å². The Morgan fingerprint density at radius 2 is 1.78 bits per heavy atom. The number of nitrogens with zero attached hydrogens (tertiary/aromatic N) is 2. The fourth-order valence-corrected chi connectivity index (χ4v) is 5.19. The molecule has 0 bridgehead atoms. The second-order valence-corrected chi connectivity index (χ2v) is 11.0. The van der Waals surface area contributed by atoms with Crippen molar-refractivity contribution in [3.8, 4) is 0 Å². The SMILES string of the molecule is CC[C@@H](C(=O)NC)N(Cc1ccc(Cl)cc1Cl)C(=O)CCCN(c1cccc(C(F)(F)F)c1)S(C)(=O)=O. The number of likely N-dealkylation sites (N-methyl/N-ethyl adjacent to an activating group) is 1. The summed E-state index contributed by atoms with van der Waals surface area (Å²) in [5, 5.41) is 3.24. The Kier molecular flexibility index (Phi) is 10.7. The largest absolute Gasteiger partial charge is 0.416 e. The van der Waals surface area contributed by atoms with E-state index in [0.29, 0.717) is 22.0 Å². The Morgan fingerprint density at radius 1 is 1.11 bits per heavy atom. The first-order valence-corrected chi connectivity index (χ1v) is 13.9. The standard InChI is InChI=1S/C24H28Cl2F3N3O4S/c1-4-21(23(34)30-2)31(15-16-10-11-18(25)14-20(16)26)22(33)9-6-12-32(37(3,35)36)19-8-5-7-17(13-19)24(27,28)29/h5,7-8,10-11,13-14,21H,4,6,9,12,15H2,1-3H3,(H,30,34)/t21-/m0/s1. The van der Waals surface area contributed by atoms with Crippen molar-refractivity contribution in [3.63, 3.8) is 0 Å². The lowest BCUT2D eigenvalue weighted by atomic mass is 10.1. The highest BCUT2D eigenvalue weighted by Gasteiger charge is 2.32. The van der Waals surface area contributed by atoms with Crippen LogP contribution in [0.1, 0.15) is 37.3 Å². The van der Waals surface area contributed by atoms with Crippen molar-refractivity contribution in [1.82, 2.24) is 10.2 Å². The fourth-order valence-electron chi connectivity index (χ4n) is 3.76. The van der Waals surface area contributed by atoms with Crippen LogP contribution < -0.4 is 9.62 Å². The molecule has 0 heterocycles. The van der Waals surface area contributed by atoms with Crippen LogP contribution in [-0.4, -0.2) is 51.0 Å². The maximum atomic E-state index is 13.3. The van der Waals surface area contributed by atoms with E-state index in [2.05, 4.69) is 5.32 Å². The third kappa shape index (κ3) is 8.51. The highest BCUT2D eigenvalue weighted by Crippen LogP contribution is 2.32. The fraction of sp³-hybridized carbons (Fsp3) is 0.417. The molecule has 0 aromatic heterocycles. The normalized spacial score (nSPS) is 12.6.